The number of carbonyl (C=O) groups excluding carboxylic acids is 1. The fourth-order valence-corrected chi connectivity index (χ4v) is 2.84. The molecule has 1 aromatic carbocycles. The third-order valence-electron chi connectivity index (χ3n) is 4.08. The van der Waals surface area contributed by atoms with Gasteiger partial charge in [0.05, 0.1) is 5.69 Å². The largest absolute Gasteiger partial charge is 0.336 e. The summed E-state index contributed by atoms with van der Waals surface area (Å²) < 4.78 is 3.65. The first-order valence-corrected chi connectivity index (χ1v) is 7.99. The molecule has 124 valence electrons. The van der Waals surface area contributed by atoms with Gasteiger partial charge in [-0.05, 0) is 29.8 Å². The molecule has 3 aromatic heterocycles. The van der Waals surface area contributed by atoms with Crippen LogP contribution in [-0.2, 0) is 6.54 Å². The van der Waals surface area contributed by atoms with Gasteiger partial charge in [-0.1, -0.05) is 24.3 Å². The molecule has 0 atom stereocenters. The minimum absolute atomic E-state index is 0.112. The number of hydrogen-bond donors (Lipinski definition) is 0. The second-order valence-electron chi connectivity index (χ2n) is 5.83. The summed E-state index contributed by atoms with van der Waals surface area (Å²) in [5.74, 6) is -0.112. The zero-order chi connectivity index (χ0) is 17.2. The molecule has 0 bridgehead atoms. The normalized spacial score (nSPS) is 10.9. The highest BCUT2D eigenvalue weighted by Crippen LogP contribution is 2.16. The highest BCUT2D eigenvalue weighted by Gasteiger charge is 2.17. The number of benzene rings is 1. The molecule has 0 aliphatic heterocycles. The van der Waals surface area contributed by atoms with Crippen LogP contribution in [0.2, 0.25) is 0 Å². The Labute approximate surface area is 145 Å². The van der Waals surface area contributed by atoms with Gasteiger partial charge in [-0.3, -0.25) is 4.79 Å². The van der Waals surface area contributed by atoms with E-state index in [9.17, 15) is 4.79 Å². The van der Waals surface area contributed by atoms with Gasteiger partial charge in [0.15, 0.2) is 0 Å². The first-order valence-electron chi connectivity index (χ1n) is 7.99. The smallest absolute Gasteiger partial charge is 0.274 e. The Morgan fingerprint density at radius 1 is 1.08 bits per heavy atom. The molecular weight excluding hydrogens is 314 g/mol. The Balaban J connectivity index is 1.60. The van der Waals surface area contributed by atoms with Crippen molar-refractivity contribution in [2.24, 2.45) is 0 Å². The first kappa shape index (κ1) is 15.1. The predicted octanol–water partition coefficient (Wildman–Crippen LogP) is 2.79. The maximum atomic E-state index is 12.7. The summed E-state index contributed by atoms with van der Waals surface area (Å²) in [6.07, 6.45) is 7.27. The van der Waals surface area contributed by atoms with Crippen molar-refractivity contribution >= 4 is 11.6 Å². The van der Waals surface area contributed by atoms with Crippen LogP contribution in [0.3, 0.4) is 0 Å². The van der Waals surface area contributed by atoms with Gasteiger partial charge in [0.25, 0.3) is 5.91 Å². The monoisotopic (exact) mass is 331 g/mol. The summed E-state index contributed by atoms with van der Waals surface area (Å²) in [7, 11) is 1.78. The van der Waals surface area contributed by atoms with Crippen LogP contribution in [0.5, 0.6) is 0 Å². The van der Waals surface area contributed by atoms with E-state index in [-0.39, 0.29) is 5.91 Å². The van der Waals surface area contributed by atoms with Crippen molar-refractivity contribution in [2.45, 2.75) is 6.54 Å². The zero-order valence-electron chi connectivity index (χ0n) is 13.8. The van der Waals surface area contributed by atoms with Gasteiger partial charge in [0, 0.05) is 38.4 Å². The minimum atomic E-state index is -0.112. The van der Waals surface area contributed by atoms with Gasteiger partial charge in [0.1, 0.15) is 11.3 Å². The van der Waals surface area contributed by atoms with Crippen molar-refractivity contribution in [2.75, 3.05) is 7.05 Å². The topological polar surface area (TPSA) is 55.4 Å². The Kier molecular flexibility index (Phi) is 3.78. The van der Waals surface area contributed by atoms with E-state index in [2.05, 4.69) is 10.1 Å². The van der Waals surface area contributed by atoms with Crippen molar-refractivity contribution in [1.29, 1.82) is 0 Å². The molecule has 0 fully saturated rings. The summed E-state index contributed by atoms with van der Waals surface area (Å²) in [6.45, 7) is 0.475. The molecule has 6 heteroatoms. The van der Waals surface area contributed by atoms with Gasteiger partial charge in [-0.15, -0.1) is 0 Å². The van der Waals surface area contributed by atoms with E-state index in [0.29, 0.717) is 12.2 Å². The van der Waals surface area contributed by atoms with Crippen LogP contribution in [0.1, 0.15) is 16.1 Å². The molecule has 0 aliphatic rings. The fourth-order valence-electron chi connectivity index (χ4n) is 2.84. The van der Waals surface area contributed by atoms with E-state index in [1.165, 1.54) is 0 Å². The average molecular weight is 331 g/mol. The lowest BCUT2D eigenvalue weighted by atomic mass is 10.1. The van der Waals surface area contributed by atoms with Crippen LogP contribution in [0.15, 0.2) is 73.3 Å². The zero-order valence-corrected chi connectivity index (χ0v) is 13.8. The fraction of sp³-hybridized carbons (Fsp3) is 0.105. The van der Waals surface area contributed by atoms with Gasteiger partial charge in [-0.2, -0.15) is 5.10 Å². The molecule has 25 heavy (non-hydrogen) atoms. The van der Waals surface area contributed by atoms with E-state index >= 15 is 0 Å². The Morgan fingerprint density at radius 2 is 1.92 bits per heavy atom. The molecule has 3 heterocycles. The van der Waals surface area contributed by atoms with Crippen LogP contribution in [0.4, 0.5) is 0 Å². The number of hydrogen-bond acceptors (Lipinski definition) is 3. The number of nitrogens with zero attached hydrogens (tertiary/aromatic N) is 5. The molecule has 4 aromatic rings. The van der Waals surface area contributed by atoms with Gasteiger partial charge < -0.3 is 9.30 Å². The number of pyridine rings is 1. The quantitative estimate of drug-likeness (QED) is 0.578. The van der Waals surface area contributed by atoms with E-state index in [4.69, 9.17) is 0 Å². The van der Waals surface area contributed by atoms with Crippen molar-refractivity contribution in [3.8, 4) is 5.69 Å². The molecule has 0 aliphatic carbocycles. The molecule has 4 rings (SSSR count). The lowest BCUT2D eigenvalue weighted by Gasteiger charge is -2.18. The highest BCUT2D eigenvalue weighted by molar-refractivity contribution is 5.92. The number of rotatable bonds is 4. The second kappa shape index (κ2) is 6.24. The Morgan fingerprint density at radius 3 is 2.72 bits per heavy atom. The van der Waals surface area contributed by atoms with Crippen LogP contribution >= 0.6 is 0 Å². The summed E-state index contributed by atoms with van der Waals surface area (Å²) in [6, 6.07) is 15.5. The van der Waals surface area contributed by atoms with Crippen molar-refractivity contribution in [3.05, 3.63) is 84.6 Å². The third-order valence-corrected chi connectivity index (χ3v) is 4.08. The van der Waals surface area contributed by atoms with Gasteiger partial charge in [0.2, 0.25) is 0 Å². The van der Waals surface area contributed by atoms with Crippen LogP contribution in [-0.4, -0.2) is 37.0 Å². The van der Waals surface area contributed by atoms with Gasteiger partial charge in [-0.25, -0.2) is 9.67 Å². The average Bonchev–Trinajstić information content (AvgIpc) is 3.31. The third kappa shape index (κ3) is 2.89. The number of imidazole rings is 1. The van der Waals surface area contributed by atoms with Gasteiger partial charge >= 0.3 is 0 Å². The molecule has 6 nitrogen and oxygen atoms in total. The standard InChI is InChI=1S/C19H17N5O/c1-22(19(25)16-14-23-11-5-4-9-18(23)21-16)13-15-7-2-3-8-17(15)24-12-6-10-20-24/h2-12,14H,13H2,1H3. The summed E-state index contributed by atoms with van der Waals surface area (Å²) in [5, 5.41) is 4.28. The maximum absolute atomic E-state index is 12.7. The SMILES string of the molecule is CN(Cc1ccccc1-n1cccn1)C(=O)c1cn2ccccc2n1. The molecule has 1 amide bonds. The molecule has 0 spiro atoms. The summed E-state index contributed by atoms with van der Waals surface area (Å²) in [5.41, 5.74) is 3.18. The number of fused-ring (bicyclic) bond motifs is 1. The van der Waals surface area contributed by atoms with E-state index < -0.39 is 0 Å². The summed E-state index contributed by atoms with van der Waals surface area (Å²) in [4.78, 5) is 18.8. The molecule has 0 N–H and O–H groups in total. The first-order chi connectivity index (χ1) is 12.2. The number of carbonyl (C=O) groups is 1. The predicted molar refractivity (Wildman–Crippen MR) is 94.6 cm³/mol. The Hall–Kier alpha value is -3.41. The van der Waals surface area contributed by atoms with Crippen LogP contribution in [0.25, 0.3) is 11.3 Å². The van der Waals surface area contributed by atoms with Crippen molar-refractivity contribution in [1.82, 2.24) is 24.1 Å². The van der Waals surface area contributed by atoms with Crippen LogP contribution in [0, 0.1) is 0 Å². The summed E-state index contributed by atoms with van der Waals surface area (Å²) >= 11 is 0. The molecule has 0 saturated heterocycles. The second-order valence-corrected chi connectivity index (χ2v) is 5.83. The molecular formula is C19H17N5O. The Bertz CT molecular complexity index is 986. The highest BCUT2D eigenvalue weighted by atomic mass is 16.2. The van der Waals surface area contributed by atoms with Crippen molar-refractivity contribution in [3.63, 3.8) is 0 Å². The molecule has 0 saturated carbocycles. The van der Waals surface area contributed by atoms with Crippen molar-refractivity contribution < 1.29 is 4.79 Å². The molecule has 0 unspecified atom stereocenters. The number of aromatic nitrogens is 4. The van der Waals surface area contributed by atoms with E-state index in [0.717, 1.165) is 16.9 Å². The lowest BCUT2D eigenvalue weighted by Crippen LogP contribution is -2.27. The maximum Gasteiger partial charge on any atom is 0.274 e. The minimum Gasteiger partial charge on any atom is -0.336 e. The number of para-hydroxylation sites is 1. The van der Waals surface area contributed by atoms with E-state index in [1.807, 2.05) is 65.3 Å². The van der Waals surface area contributed by atoms with E-state index in [1.54, 1.807) is 29.0 Å². The van der Waals surface area contributed by atoms with Crippen LogP contribution < -0.4 is 0 Å². The molecule has 0 radical (unpaired) electrons. The number of amides is 1. The lowest BCUT2D eigenvalue weighted by molar-refractivity contribution is 0.0780.